The Bertz CT molecular complexity index is 827. The van der Waals surface area contributed by atoms with Crippen molar-refractivity contribution >= 4 is 33.5 Å². The lowest BCUT2D eigenvalue weighted by atomic mass is 9.87. The van der Waals surface area contributed by atoms with Gasteiger partial charge in [-0.15, -0.1) is 0 Å². The fourth-order valence-electron chi connectivity index (χ4n) is 2.45. The molecular weight excluding hydrogens is 410 g/mol. The van der Waals surface area contributed by atoms with Gasteiger partial charge in [0.05, 0.1) is 16.6 Å². The number of halogens is 1. The van der Waals surface area contributed by atoms with Crippen LogP contribution >= 0.6 is 15.9 Å². The second kappa shape index (κ2) is 9.04. The van der Waals surface area contributed by atoms with E-state index in [1.807, 2.05) is 12.1 Å². The molecule has 0 saturated heterocycles. The SMILES string of the molecule is CC(C)(C)c1ccc(OCCCC(=O)Nc2cccc(C(=O)O)c2)c(Br)c1. The van der Waals surface area contributed by atoms with Crippen LogP contribution in [-0.2, 0) is 10.2 Å². The third kappa shape index (κ3) is 6.40. The Labute approximate surface area is 167 Å². The Hall–Kier alpha value is -2.34. The van der Waals surface area contributed by atoms with Crippen molar-refractivity contribution in [2.45, 2.75) is 39.0 Å². The number of carboxylic acids is 1. The molecule has 0 aliphatic heterocycles. The molecule has 5 nitrogen and oxygen atoms in total. The standard InChI is InChI=1S/C21H24BrNO4/c1-21(2,3)15-9-10-18(17(22)13-15)27-11-5-8-19(24)23-16-7-4-6-14(12-16)20(25)26/h4,6-7,9-10,12-13H,5,8,11H2,1-3H3,(H,23,24)(H,25,26). The first kappa shape index (κ1) is 21.0. The summed E-state index contributed by atoms with van der Waals surface area (Å²) in [4.78, 5) is 23.0. The number of carbonyl (C=O) groups excluding carboxylic acids is 1. The highest BCUT2D eigenvalue weighted by Crippen LogP contribution is 2.31. The van der Waals surface area contributed by atoms with Gasteiger partial charge in [0.2, 0.25) is 5.91 Å². The van der Waals surface area contributed by atoms with Crippen molar-refractivity contribution in [1.29, 1.82) is 0 Å². The Kier molecular flexibility index (Phi) is 7.02. The minimum absolute atomic E-state index is 0.0665. The average molecular weight is 434 g/mol. The van der Waals surface area contributed by atoms with Gasteiger partial charge in [-0.1, -0.05) is 32.9 Å². The van der Waals surface area contributed by atoms with Crippen LogP contribution in [0.15, 0.2) is 46.9 Å². The average Bonchev–Trinajstić information content (AvgIpc) is 2.59. The molecule has 0 aliphatic carbocycles. The van der Waals surface area contributed by atoms with Gasteiger partial charge in [0.15, 0.2) is 0 Å². The van der Waals surface area contributed by atoms with Gasteiger partial charge in [0.25, 0.3) is 0 Å². The highest BCUT2D eigenvalue weighted by Gasteiger charge is 2.15. The number of nitrogens with one attached hydrogen (secondary N) is 1. The number of carboxylic acid groups (broad SMARTS) is 1. The van der Waals surface area contributed by atoms with Crippen molar-refractivity contribution in [2.24, 2.45) is 0 Å². The summed E-state index contributed by atoms with van der Waals surface area (Å²) in [6.07, 6.45) is 0.840. The lowest BCUT2D eigenvalue weighted by Crippen LogP contribution is -2.13. The molecule has 2 rings (SSSR count). The maximum atomic E-state index is 12.0. The number of benzene rings is 2. The largest absolute Gasteiger partial charge is 0.492 e. The molecular formula is C21H24BrNO4. The number of hydrogen-bond donors (Lipinski definition) is 2. The van der Waals surface area contributed by atoms with Crippen molar-refractivity contribution < 1.29 is 19.4 Å². The van der Waals surface area contributed by atoms with Crippen LogP contribution in [0.3, 0.4) is 0 Å². The second-order valence-corrected chi connectivity index (χ2v) is 8.14. The molecule has 0 fully saturated rings. The summed E-state index contributed by atoms with van der Waals surface area (Å²) in [7, 11) is 0. The van der Waals surface area contributed by atoms with Gasteiger partial charge in [-0.05, 0) is 63.7 Å². The minimum atomic E-state index is -1.03. The molecule has 144 valence electrons. The molecule has 0 heterocycles. The molecule has 0 aromatic heterocycles. The monoisotopic (exact) mass is 433 g/mol. The fraction of sp³-hybridized carbons (Fsp3) is 0.333. The Morgan fingerprint density at radius 3 is 2.52 bits per heavy atom. The van der Waals surface area contributed by atoms with Crippen LogP contribution in [0, 0.1) is 0 Å². The molecule has 2 aromatic rings. The lowest BCUT2D eigenvalue weighted by Gasteiger charge is -2.20. The molecule has 1 amide bonds. The van der Waals surface area contributed by atoms with Crippen LogP contribution in [0.4, 0.5) is 5.69 Å². The summed E-state index contributed by atoms with van der Waals surface area (Å²) in [5, 5.41) is 11.7. The Morgan fingerprint density at radius 1 is 1.15 bits per heavy atom. The van der Waals surface area contributed by atoms with Crippen molar-refractivity contribution in [3.8, 4) is 5.75 Å². The summed E-state index contributed by atoms with van der Waals surface area (Å²) in [5.41, 5.74) is 1.89. The predicted octanol–water partition coefficient (Wildman–Crippen LogP) is 5.24. The van der Waals surface area contributed by atoms with E-state index in [4.69, 9.17) is 9.84 Å². The third-order valence-electron chi connectivity index (χ3n) is 4.00. The van der Waals surface area contributed by atoms with Gasteiger partial charge in [0, 0.05) is 12.1 Å². The number of hydrogen-bond acceptors (Lipinski definition) is 3. The Balaban J connectivity index is 1.80. The van der Waals surface area contributed by atoms with Crippen molar-refractivity contribution in [2.75, 3.05) is 11.9 Å². The zero-order chi connectivity index (χ0) is 20.0. The third-order valence-corrected chi connectivity index (χ3v) is 4.62. The van der Waals surface area contributed by atoms with Crippen LogP contribution in [-0.4, -0.2) is 23.6 Å². The Morgan fingerprint density at radius 2 is 1.89 bits per heavy atom. The summed E-state index contributed by atoms with van der Waals surface area (Å²) in [6, 6.07) is 12.2. The predicted molar refractivity (Wildman–Crippen MR) is 110 cm³/mol. The first-order valence-corrected chi connectivity index (χ1v) is 9.52. The smallest absolute Gasteiger partial charge is 0.335 e. The molecule has 2 aromatic carbocycles. The maximum absolute atomic E-state index is 12.0. The molecule has 0 unspecified atom stereocenters. The zero-order valence-corrected chi connectivity index (χ0v) is 17.3. The van der Waals surface area contributed by atoms with Crippen molar-refractivity contribution in [1.82, 2.24) is 0 Å². The van der Waals surface area contributed by atoms with Crippen molar-refractivity contribution in [3.05, 3.63) is 58.1 Å². The number of amides is 1. The number of carbonyl (C=O) groups is 2. The molecule has 0 bridgehead atoms. The van der Waals surface area contributed by atoms with Crippen LogP contribution < -0.4 is 10.1 Å². The van der Waals surface area contributed by atoms with Gasteiger partial charge < -0.3 is 15.2 Å². The zero-order valence-electron chi connectivity index (χ0n) is 15.7. The molecule has 27 heavy (non-hydrogen) atoms. The lowest BCUT2D eigenvalue weighted by molar-refractivity contribution is -0.116. The van der Waals surface area contributed by atoms with E-state index < -0.39 is 5.97 Å². The van der Waals surface area contributed by atoms with E-state index in [0.717, 1.165) is 10.2 Å². The van der Waals surface area contributed by atoms with E-state index in [0.29, 0.717) is 18.7 Å². The van der Waals surface area contributed by atoms with Crippen LogP contribution in [0.1, 0.15) is 49.5 Å². The van der Waals surface area contributed by atoms with E-state index in [-0.39, 0.29) is 23.3 Å². The topological polar surface area (TPSA) is 75.6 Å². The van der Waals surface area contributed by atoms with Crippen LogP contribution in [0.5, 0.6) is 5.75 Å². The highest BCUT2D eigenvalue weighted by molar-refractivity contribution is 9.10. The normalized spacial score (nSPS) is 11.1. The number of anilines is 1. The van der Waals surface area contributed by atoms with Gasteiger partial charge in [-0.25, -0.2) is 4.79 Å². The molecule has 0 atom stereocenters. The van der Waals surface area contributed by atoms with E-state index in [2.05, 4.69) is 48.1 Å². The van der Waals surface area contributed by atoms with Crippen LogP contribution in [0.25, 0.3) is 0 Å². The van der Waals surface area contributed by atoms with Gasteiger partial charge >= 0.3 is 5.97 Å². The molecule has 0 aliphatic rings. The van der Waals surface area contributed by atoms with Gasteiger partial charge in [0.1, 0.15) is 5.75 Å². The number of rotatable bonds is 7. The van der Waals surface area contributed by atoms with E-state index in [9.17, 15) is 9.59 Å². The molecule has 0 saturated carbocycles. The summed E-state index contributed by atoms with van der Waals surface area (Å²) >= 11 is 3.53. The quantitative estimate of drug-likeness (QED) is 0.585. The summed E-state index contributed by atoms with van der Waals surface area (Å²) in [6.45, 7) is 6.87. The van der Waals surface area contributed by atoms with Crippen molar-refractivity contribution in [3.63, 3.8) is 0 Å². The number of aromatic carboxylic acids is 1. The second-order valence-electron chi connectivity index (χ2n) is 7.28. The minimum Gasteiger partial charge on any atom is -0.492 e. The van der Waals surface area contributed by atoms with Gasteiger partial charge in [-0.3, -0.25) is 4.79 Å². The molecule has 0 radical (unpaired) electrons. The molecule has 6 heteroatoms. The van der Waals surface area contributed by atoms with E-state index in [1.165, 1.54) is 17.7 Å². The summed E-state index contributed by atoms with van der Waals surface area (Å²) < 4.78 is 6.64. The highest BCUT2D eigenvalue weighted by atomic mass is 79.9. The summed E-state index contributed by atoms with van der Waals surface area (Å²) in [5.74, 6) is -0.455. The first-order chi connectivity index (χ1) is 12.7. The number of ether oxygens (including phenoxy) is 1. The molecule has 2 N–H and O–H groups in total. The van der Waals surface area contributed by atoms with Gasteiger partial charge in [-0.2, -0.15) is 0 Å². The van der Waals surface area contributed by atoms with E-state index in [1.54, 1.807) is 12.1 Å². The van der Waals surface area contributed by atoms with E-state index >= 15 is 0 Å². The first-order valence-electron chi connectivity index (χ1n) is 8.73. The molecule has 0 spiro atoms. The maximum Gasteiger partial charge on any atom is 0.335 e. The fourth-order valence-corrected chi connectivity index (χ4v) is 2.95. The van der Waals surface area contributed by atoms with Crippen LogP contribution in [0.2, 0.25) is 0 Å².